The maximum absolute atomic E-state index is 4.46. The minimum atomic E-state index is 0.382. The molecule has 1 fully saturated rings. The Hall–Kier alpha value is -1.09. The second-order valence-electron chi connectivity index (χ2n) is 3.80. The molecule has 1 atom stereocenters. The predicted octanol–water partition coefficient (Wildman–Crippen LogP) is 1.57. The van der Waals surface area contributed by atoms with Gasteiger partial charge in [-0.1, -0.05) is 6.07 Å². The molecule has 1 aromatic heterocycles. The Morgan fingerprint density at radius 3 is 2.64 bits per heavy atom. The van der Waals surface area contributed by atoms with Crippen molar-refractivity contribution >= 4 is 5.82 Å². The van der Waals surface area contributed by atoms with Gasteiger partial charge in [0.05, 0.1) is 0 Å². The van der Waals surface area contributed by atoms with Gasteiger partial charge in [-0.15, -0.1) is 0 Å². The second kappa shape index (κ2) is 3.96. The highest BCUT2D eigenvalue weighted by atomic mass is 15.2. The second-order valence-corrected chi connectivity index (χ2v) is 3.80. The summed E-state index contributed by atoms with van der Waals surface area (Å²) in [5, 5.41) is 3.20. The fraction of sp³-hybridized carbons (Fsp3) is 0.545. The highest BCUT2D eigenvalue weighted by Crippen LogP contribution is 2.19. The summed E-state index contributed by atoms with van der Waals surface area (Å²) in [5.74, 6) is 1.11. The van der Waals surface area contributed by atoms with Crippen LogP contribution in [0.1, 0.15) is 24.9 Å². The van der Waals surface area contributed by atoms with Crippen molar-refractivity contribution in [2.24, 2.45) is 0 Å². The average Bonchev–Trinajstić information content (AvgIpc) is 2.15. The van der Waals surface area contributed by atoms with Crippen LogP contribution in [0, 0.1) is 0 Å². The van der Waals surface area contributed by atoms with E-state index in [-0.39, 0.29) is 0 Å². The summed E-state index contributed by atoms with van der Waals surface area (Å²) in [5.41, 5.74) is 1.25. The first-order valence-electron chi connectivity index (χ1n) is 5.19. The number of nitrogens with one attached hydrogen (secondary N) is 1. The zero-order chi connectivity index (χ0) is 9.97. The minimum Gasteiger partial charge on any atom is -0.356 e. The zero-order valence-corrected chi connectivity index (χ0v) is 8.83. The van der Waals surface area contributed by atoms with Crippen LogP contribution in [0.3, 0.4) is 0 Å². The first kappa shape index (κ1) is 9.46. The van der Waals surface area contributed by atoms with Crippen molar-refractivity contribution in [2.75, 3.05) is 25.0 Å². The molecule has 3 nitrogen and oxygen atoms in total. The van der Waals surface area contributed by atoms with Crippen LogP contribution in [0.5, 0.6) is 0 Å². The van der Waals surface area contributed by atoms with E-state index in [2.05, 4.69) is 34.3 Å². The van der Waals surface area contributed by atoms with E-state index in [0.717, 1.165) is 18.9 Å². The Morgan fingerprint density at radius 2 is 2.21 bits per heavy atom. The Balaban J connectivity index is 2.09. The Bertz CT molecular complexity index is 266. The smallest absolute Gasteiger partial charge is 0.128 e. The fourth-order valence-electron chi connectivity index (χ4n) is 1.55. The standard InChI is InChI=1S/C11H17N3/c1-9(12-2)10-4-5-11(13-8-10)14-6-3-7-14/h4-5,8-9,12H,3,6-7H2,1-2H3. The van der Waals surface area contributed by atoms with Gasteiger partial charge in [0, 0.05) is 25.3 Å². The van der Waals surface area contributed by atoms with Crippen molar-refractivity contribution < 1.29 is 0 Å². The molecule has 0 radical (unpaired) electrons. The molecule has 2 rings (SSSR count). The molecule has 2 heterocycles. The van der Waals surface area contributed by atoms with Crippen LogP contribution in [0.15, 0.2) is 18.3 Å². The van der Waals surface area contributed by atoms with Crippen LogP contribution in [0.2, 0.25) is 0 Å². The maximum atomic E-state index is 4.46. The summed E-state index contributed by atoms with van der Waals surface area (Å²) < 4.78 is 0. The van der Waals surface area contributed by atoms with Gasteiger partial charge in [0.1, 0.15) is 5.82 Å². The van der Waals surface area contributed by atoms with Gasteiger partial charge in [0.15, 0.2) is 0 Å². The monoisotopic (exact) mass is 191 g/mol. The highest BCUT2D eigenvalue weighted by Gasteiger charge is 2.15. The van der Waals surface area contributed by atoms with Crippen molar-refractivity contribution in [1.82, 2.24) is 10.3 Å². The summed E-state index contributed by atoms with van der Waals surface area (Å²) in [4.78, 5) is 6.76. The lowest BCUT2D eigenvalue weighted by molar-refractivity contribution is 0.607. The van der Waals surface area contributed by atoms with Gasteiger partial charge < -0.3 is 10.2 Å². The number of aromatic nitrogens is 1. The van der Waals surface area contributed by atoms with E-state index in [1.165, 1.54) is 12.0 Å². The molecule has 1 saturated heterocycles. The van der Waals surface area contributed by atoms with Crippen LogP contribution in [0.25, 0.3) is 0 Å². The summed E-state index contributed by atoms with van der Waals surface area (Å²) >= 11 is 0. The van der Waals surface area contributed by atoms with Crippen molar-refractivity contribution in [2.45, 2.75) is 19.4 Å². The third kappa shape index (κ3) is 1.73. The summed E-state index contributed by atoms with van der Waals surface area (Å²) in [6.45, 7) is 4.46. The van der Waals surface area contributed by atoms with Crippen molar-refractivity contribution in [3.8, 4) is 0 Å². The summed E-state index contributed by atoms with van der Waals surface area (Å²) in [6.07, 6.45) is 3.27. The number of anilines is 1. The molecule has 3 heteroatoms. The van der Waals surface area contributed by atoms with Gasteiger partial charge in [-0.2, -0.15) is 0 Å². The molecular weight excluding hydrogens is 174 g/mol. The number of pyridine rings is 1. The Labute approximate surface area is 85.1 Å². The van der Waals surface area contributed by atoms with E-state index in [1.54, 1.807) is 0 Å². The molecule has 0 aliphatic carbocycles. The summed E-state index contributed by atoms with van der Waals surface area (Å²) in [6, 6.07) is 4.65. The first-order valence-corrected chi connectivity index (χ1v) is 5.19. The number of rotatable bonds is 3. The topological polar surface area (TPSA) is 28.2 Å². The van der Waals surface area contributed by atoms with Crippen molar-refractivity contribution in [3.05, 3.63) is 23.9 Å². The highest BCUT2D eigenvalue weighted by molar-refractivity contribution is 5.41. The van der Waals surface area contributed by atoms with Crippen LogP contribution >= 0.6 is 0 Å². The maximum Gasteiger partial charge on any atom is 0.128 e. The van der Waals surface area contributed by atoms with Crippen LogP contribution in [-0.2, 0) is 0 Å². The Morgan fingerprint density at radius 1 is 1.43 bits per heavy atom. The molecule has 0 spiro atoms. The normalized spacial score (nSPS) is 17.7. The van der Waals surface area contributed by atoms with Gasteiger partial charge in [-0.3, -0.25) is 0 Å². The summed E-state index contributed by atoms with van der Waals surface area (Å²) in [7, 11) is 1.97. The van der Waals surface area contributed by atoms with E-state index < -0.39 is 0 Å². The quantitative estimate of drug-likeness (QED) is 0.786. The van der Waals surface area contributed by atoms with Crippen molar-refractivity contribution in [1.29, 1.82) is 0 Å². The third-order valence-corrected chi connectivity index (χ3v) is 2.88. The molecule has 1 aliphatic rings. The SMILES string of the molecule is CNC(C)c1ccc(N2CCC2)nc1. The van der Waals surface area contributed by atoms with Gasteiger partial charge in [-0.25, -0.2) is 4.98 Å². The zero-order valence-electron chi connectivity index (χ0n) is 8.83. The largest absolute Gasteiger partial charge is 0.356 e. The lowest BCUT2D eigenvalue weighted by atomic mass is 10.1. The number of nitrogens with zero attached hydrogens (tertiary/aromatic N) is 2. The van der Waals surface area contributed by atoms with Crippen LogP contribution in [0.4, 0.5) is 5.82 Å². The molecular formula is C11H17N3. The average molecular weight is 191 g/mol. The molecule has 1 aliphatic heterocycles. The first-order chi connectivity index (χ1) is 6.81. The predicted molar refractivity (Wildman–Crippen MR) is 58.5 cm³/mol. The molecule has 0 saturated carbocycles. The molecule has 14 heavy (non-hydrogen) atoms. The fourth-order valence-corrected chi connectivity index (χ4v) is 1.55. The van der Waals surface area contributed by atoms with E-state index in [1.807, 2.05) is 13.2 Å². The third-order valence-electron chi connectivity index (χ3n) is 2.88. The van der Waals surface area contributed by atoms with Gasteiger partial charge in [0.2, 0.25) is 0 Å². The molecule has 1 N–H and O–H groups in total. The number of hydrogen-bond acceptors (Lipinski definition) is 3. The molecule has 76 valence electrons. The molecule has 0 bridgehead atoms. The van der Waals surface area contributed by atoms with E-state index >= 15 is 0 Å². The van der Waals surface area contributed by atoms with E-state index in [4.69, 9.17) is 0 Å². The van der Waals surface area contributed by atoms with E-state index in [9.17, 15) is 0 Å². The molecule has 0 amide bonds. The molecule has 0 aromatic carbocycles. The van der Waals surface area contributed by atoms with Crippen LogP contribution < -0.4 is 10.2 Å². The Kier molecular flexibility index (Phi) is 2.68. The molecule has 1 unspecified atom stereocenters. The molecule has 1 aromatic rings. The van der Waals surface area contributed by atoms with Gasteiger partial charge >= 0.3 is 0 Å². The van der Waals surface area contributed by atoms with Gasteiger partial charge in [0.25, 0.3) is 0 Å². The lowest BCUT2D eigenvalue weighted by Crippen LogP contribution is -2.37. The number of hydrogen-bond donors (Lipinski definition) is 1. The van der Waals surface area contributed by atoms with Gasteiger partial charge in [-0.05, 0) is 32.0 Å². The lowest BCUT2D eigenvalue weighted by Gasteiger charge is -2.32. The minimum absolute atomic E-state index is 0.382. The van der Waals surface area contributed by atoms with Crippen LogP contribution in [-0.4, -0.2) is 25.1 Å². The van der Waals surface area contributed by atoms with Crippen molar-refractivity contribution in [3.63, 3.8) is 0 Å². The van der Waals surface area contributed by atoms with E-state index in [0.29, 0.717) is 6.04 Å².